The monoisotopic (exact) mass is 206 g/mol. The van der Waals surface area contributed by atoms with Crippen LogP contribution in [0.15, 0.2) is 24.3 Å². The summed E-state index contributed by atoms with van der Waals surface area (Å²) < 4.78 is 0. The van der Waals surface area contributed by atoms with Gasteiger partial charge in [-0.15, -0.1) is 0 Å². The Labute approximate surface area is 93.3 Å². The minimum atomic E-state index is 0.148. The van der Waals surface area contributed by atoms with Crippen molar-refractivity contribution >= 4 is 5.78 Å². The normalized spacial score (nSPS) is 31.0. The smallest absolute Gasteiger partial charge is 0.155 e. The third-order valence-corrected chi connectivity index (χ3v) is 3.77. The number of carbonyl (C=O) groups excluding carboxylic acids is 1. The fourth-order valence-corrected chi connectivity index (χ4v) is 2.61. The molecule has 0 radical (unpaired) electrons. The fourth-order valence-electron chi connectivity index (χ4n) is 2.61. The lowest BCUT2D eigenvalue weighted by atomic mass is 9.70. The number of carbonyl (C=O) groups is 1. The fraction of sp³-hybridized carbons (Fsp3) is 0.643. The van der Waals surface area contributed by atoms with Gasteiger partial charge in [-0.2, -0.15) is 0 Å². The second-order valence-electron chi connectivity index (χ2n) is 5.02. The molecule has 1 aliphatic rings. The molecule has 0 aromatic heterocycles. The highest BCUT2D eigenvalue weighted by Crippen LogP contribution is 2.39. The average molecular weight is 206 g/mol. The Morgan fingerprint density at radius 2 is 1.80 bits per heavy atom. The van der Waals surface area contributed by atoms with E-state index in [-0.39, 0.29) is 5.78 Å². The van der Waals surface area contributed by atoms with Gasteiger partial charge >= 0.3 is 0 Å². The second kappa shape index (κ2) is 4.78. The van der Waals surface area contributed by atoms with Crippen LogP contribution < -0.4 is 0 Å². The van der Waals surface area contributed by atoms with E-state index in [2.05, 4.69) is 27.0 Å². The predicted octanol–water partition coefficient (Wildman–Crippen LogP) is 3.76. The maximum Gasteiger partial charge on any atom is 0.155 e. The van der Waals surface area contributed by atoms with E-state index in [1.807, 2.05) is 0 Å². The highest BCUT2D eigenvalue weighted by Gasteiger charge is 2.30. The molecule has 0 saturated heterocycles. The van der Waals surface area contributed by atoms with Crippen molar-refractivity contribution in [3.8, 4) is 0 Å². The van der Waals surface area contributed by atoms with Gasteiger partial charge in [0.05, 0.1) is 0 Å². The van der Waals surface area contributed by atoms with Gasteiger partial charge in [-0.05, 0) is 56.4 Å². The highest BCUT2D eigenvalue weighted by atomic mass is 16.1. The SMILES string of the molecule is C=C(C(C)=O)[C@H]1CC[C@@H](C)[C@H](C(=C)C)C1. The minimum absolute atomic E-state index is 0.148. The van der Waals surface area contributed by atoms with Crippen LogP contribution in [0.2, 0.25) is 0 Å². The highest BCUT2D eigenvalue weighted by molar-refractivity contribution is 5.93. The molecule has 1 fully saturated rings. The van der Waals surface area contributed by atoms with E-state index in [0.717, 1.165) is 18.4 Å². The molecule has 0 heterocycles. The zero-order valence-corrected chi connectivity index (χ0v) is 10.2. The number of allylic oxidation sites excluding steroid dienone is 2. The van der Waals surface area contributed by atoms with Crippen molar-refractivity contribution in [3.63, 3.8) is 0 Å². The molecule has 15 heavy (non-hydrogen) atoms. The molecule has 0 N–H and O–H groups in total. The van der Waals surface area contributed by atoms with Crippen LogP contribution in [0, 0.1) is 17.8 Å². The Hall–Kier alpha value is -0.850. The summed E-state index contributed by atoms with van der Waals surface area (Å²) >= 11 is 0. The van der Waals surface area contributed by atoms with Gasteiger partial charge in [-0.3, -0.25) is 4.79 Å². The van der Waals surface area contributed by atoms with Gasteiger partial charge in [0.15, 0.2) is 5.78 Å². The van der Waals surface area contributed by atoms with E-state index in [1.54, 1.807) is 6.92 Å². The lowest BCUT2D eigenvalue weighted by Crippen LogP contribution is -2.26. The lowest BCUT2D eigenvalue weighted by molar-refractivity contribution is -0.114. The first-order valence-electron chi connectivity index (χ1n) is 5.78. The molecular formula is C14H22O. The molecule has 0 bridgehead atoms. The van der Waals surface area contributed by atoms with Crippen LogP contribution in [-0.2, 0) is 4.79 Å². The lowest BCUT2D eigenvalue weighted by Gasteiger charge is -2.35. The van der Waals surface area contributed by atoms with Crippen molar-refractivity contribution in [1.29, 1.82) is 0 Å². The summed E-state index contributed by atoms with van der Waals surface area (Å²) in [5, 5.41) is 0. The maximum atomic E-state index is 11.3. The molecule has 1 nitrogen and oxygen atoms in total. The standard InChI is InChI=1S/C14H22O/c1-9(2)14-8-13(7-6-10(14)3)11(4)12(5)15/h10,13-14H,1,4,6-8H2,2-3,5H3/t10-,13+,14+/m1/s1. The van der Waals surface area contributed by atoms with Crippen molar-refractivity contribution in [3.05, 3.63) is 24.3 Å². The number of hydrogen-bond acceptors (Lipinski definition) is 1. The molecule has 1 rings (SSSR count). The molecule has 0 amide bonds. The van der Waals surface area contributed by atoms with Crippen LogP contribution in [0.5, 0.6) is 0 Å². The Morgan fingerprint density at radius 1 is 1.20 bits per heavy atom. The Balaban J connectivity index is 2.69. The first-order chi connectivity index (χ1) is 6.93. The third kappa shape index (κ3) is 2.80. The van der Waals surface area contributed by atoms with E-state index < -0.39 is 0 Å². The number of ketones is 1. The molecule has 3 atom stereocenters. The maximum absolute atomic E-state index is 11.3. The van der Waals surface area contributed by atoms with Crippen LogP contribution in [0.3, 0.4) is 0 Å². The minimum Gasteiger partial charge on any atom is -0.295 e. The quantitative estimate of drug-likeness (QED) is 0.507. The summed E-state index contributed by atoms with van der Waals surface area (Å²) in [5.41, 5.74) is 2.07. The Morgan fingerprint density at radius 3 is 2.27 bits per heavy atom. The van der Waals surface area contributed by atoms with Crippen LogP contribution in [-0.4, -0.2) is 5.78 Å². The van der Waals surface area contributed by atoms with E-state index in [9.17, 15) is 4.79 Å². The van der Waals surface area contributed by atoms with Crippen molar-refractivity contribution in [2.45, 2.75) is 40.0 Å². The summed E-state index contributed by atoms with van der Waals surface area (Å²) in [6.45, 7) is 14.0. The van der Waals surface area contributed by atoms with Crippen molar-refractivity contribution in [1.82, 2.24) is 0 Å². The van der Waals surface area contributed by atoms with Gasteiger partial charge in [-0.25, -0.2) is 0 Å². The van der Waals surface area contributed by atoms with Gasteiger partial charge in [0.1, 0.15) is 0 Å². The van der Waals surface area contributed by atoms with E-state index in [1.165, 1.54) is 12.0 Å². The molecule has 0 aliphatic heterocycles. The molecule has 0 aromatic rings. The van der Waals surface area contributed by atoms with Gasteiger partial charge in [0, 0.05) is 0 Å². The molecule has 1 saturated carbocycles. The van der Waals surface area contributed by atoms with Gasteiger partial charge in [0.2, 0.25) is 0 Å². The van der Waals surface area contributed by atoms with Gasteiger partial charge in [-0.1, -0.05) is 25.7 Å². The summed E-state index contributed by atoms with van der Waals surface area (Å²) in [6, 6.07) is 0. The van der Waals surface area contributed by atoms with Crippen LogP contribution in [0.4, 0.5) is 0 Å². The largest absolute Gasteiger partial charge is 0.295 e. The van der Waals surface area contributed by atoms with Gasteiger partial charge < -0.3 is 0 Å². The Kier molecular flexibility index (Phi) is 3.90. The molecule has 1 aliphatic carbocycles. The Bertz CT molecular complexity index is 288. The van der Waals surface area contributed by atoms with Crippen LogP contribution >= 0.6 is 0 Å². The first-order valence-corrected chi connectivity index (χ1v) is 5.78. The summed E-state index contributed by atoms with van der Waals surface area (Å²) in [7, 11) is 0. The van der Waals surface area contributed by atoms with Crippen LogP contribution in [0.1, 0.15) is 40.0 Å². The first kappa shape index (κ1) is 12.2. The van der Waals surface area contributed by atoms with Crippen molar-refractivity contribution in [2.24, 2.45) is 17.8 Å². The molecule has 1 heteroatoms. The summed E-state index contributed by atoms with van der Waals surface area (Å²) in [6.07, 6.45) is 3.37. The van der Waals surface area contributed by atoms with Gasteiger partial charge in [0.25, 0.3) is 0 Å². The third-order valence-electron chi connectivity index (χ3n) is 3.77. The van der Waals surface area contributed by atoms with Crippen LogP contribution in [0.25, 0.3) is 0 Å². The number of rotatable bonds is 3. The predicted molar refractivity (Wildman–Crippen MR) is 64.6 cm³/mol. The van der Waals surface area contributed by atoms with E-state index in [4.69, 9.17) is 0 Å². The average Bonchev–Trinajstić information content (AvgIpc) is 2.16. The molecule has 84 valence electrons. The molecule has 0 spiro atoms. The van der Waals surface area contributed by atoms with Crippen molar-refractivity contribution < 1.29 is 4.79 Å². The number of hydrogen-bond donors (Lipinski definition) is 0. The number of Topliss-reactive ketones (excluding diaryl/α,β-unsaturated/α-hetero) is 1. The topological polar surface area (TPSA) is 17.1 Å². The van der Waals surface area contributed by atoms with Crippen molar-refractivity contribution in [2.75, 3.05) is 0 Å². The molecular weight excluding hydrogens is 184 g/mol. The molecule has 0 aromatic carbocycles. The second-order valence-corrected chi connectivity index (χ2v) is 5.02. The molecule has 0 unspecified atom stereocenters. The van der Waals surface area contributed by atoms with E-state index >= 15 is 0 Å². The zero-order valence-electron chi connectivity index (χ0n) is 10.2. The summed E-state index contributed by atoms with van der Waals surface area (Å²) in [4.78, 5) is 11.3. The zero-order chi connectivity index (χ0) is 11.6. The van der Waals surface area contributed by atoms with E-state index in [0.29, 0.717) is 17.8 Å². The summed E-state index contributed by atoms with van der Waals surface area (Å²) in [5.74, 6) is 1.81.